The van der Waals surface area contributed by atoms with Crippen molar-refractivity contribution in [3.63, 3.8) is 0 Å². The van der Waals surface area contributed by atoms with E-state index in [1.165, 1.54) is 12.1 Å². The van der Waals surface area contributed by atoms with E-state index >= 15 is 0 Å². The van der Waals surface area contributed by atoms with E-state index in [-0.39, 0.29) is 37.1 Å². The second-order valence-electron chi connectivity index (χ2n) is 4.66. The largest absolute Gasteiger partial charge is 0.573 e. The van der Waals surface area contributed by atoms with Crippen molar-refractivity contribution in [1.29, 1.82) is 0 Å². The highest BCUT2D eigenvalue weighted by Gasteiger charge is 2.32. The summed E-state index contributed by atoms with van der Waals surface area (Å²) in [6, 6.07) is 11.9. The van der Waals surface area contributed by atoms with Gasteiger partial charge in [-0.1, -0.05) is 30.3 Å². The smallest absolute Gasteiger partial charge is 0.488 e. The maximum atomic E-state index is 12.6. The van der Waals surface area contributed by atoms with E-state index in [2.05, 4.69) is 4.74 Å². The van der Waals surface area contributed by atoms with Crippen LogP contribution < -0.4 is 15.2 Å². The predicted octanol–water partition coefficient (Wildman–Crippen LogP) is 4.32. The number of aryl methyl sites for hydroxylation is 1. The molecule has 2 aromatic rings. The molecule has 0 atom stereocenters. The maximum Gasteiger partial charge on any atom is 0.573 e. The van der Waals surface area contributed by atoms with Crippen LogP contribution in [-0.4, -0.2) is 19.5 Å². The number of alkyl halides is 3. The zero-order valence-corrected chi connectivity index (χ0v) is 13.2. The first-order valence-corrected chi connectivity index (χ1v) is 6.69. The highest BCUT2D eigenvalue weighted by atomic mass is 35.5. The average Bonchev–Trinajstić information content (AvgIpc) is 2.45. The molecule has 0 spiro atoms. The highest BCUT2D eigenvalue weighted by molar-refractivity contribution is 5.85. The molecule has 0 aromatic heterocycles. The lowest BCUT2D eigenvalue weighted by molar-refractivity contribution is -0.275. The van der Waals surface area contributed by atoms with Gasteiger partial charge in [-0.25, -0.2) is 0 Å². The molecule has 23 heavy (non-hydrogen) atoms. The van der Waals surface area contributed by atoms with Gasteiger partial charge in [0, 0.05) is 6.54 Å². The van der Waals surface area contributed by atoms with Crippen LogP contribution in [0.2, 0.25) is 0 Å². The lowest BCUT2D eigenvalue weighted by Gasteiger charge is -2.15. The Hall–Kier alpha value is -1.92. The Morgan fingerprint density at radius 2 is 1.74 bits per heavy atom. The minimum absolute atomic E-state index is 0. The number of halogens is 4. The topological polar surface area (TPSA) is 44.5 Å². The van der Waals surface area contributed by atoms with Crippen molar-refractivity contribution in [3.8, 4) is 22.6 Å². The van der Waals surface area contributed by atoms with E-state index < -0.39 is 6.36 Å². The number of hydrogen-bond donors (Lipinski definition) is 1. The van der Waals surface area contributed by atoms with Crippen LogP contribution in [0.4, 0.5) is 13.2 Å². The summed E-state index contributed by atoms with van der Waals surface area (Å²) in [6.07, 6.45) is -4.79. The van der Waals surface area contributed by atoms with Gasteiger partial charge >= 0.3 is 6.36 Å². The Bertz CT molecular complexity index is 647. The fourth-order valence-electron chi connectivity index (χ4n) is 2.06. The molecule has 2 rings (SSSR count). The second-order valence-corrected chi connectivity index (χ2v) is 4.66. The van der Waals surface area contributed by atoms with Crippen LogP contribution in [0.25, 0.3) is 11.1 Å². The van der Waals surface area contributed by atoms with Gasteiger partial charge in [-0.2, -0.15) is 0 Å². The zero-order chi connectivity index (χ0) is 16.2. The van der Waals surface area contributed by atoms with Crippen molar-refractivity contribution in [3.05, 3.63) is 48.0 Å². The van der Waals surface area contributed by atoms with Crippen LogP contribution in [-0.2, 0) is 0 Å². The molecule has 2 aromatic carbocycles. The summed E-state index contributed by atoms with van der Waals surface area (Å²) >= 11 is 0. The Balaban J connectivity index is 0.00000264. The van der Waals surface area contributed by atoms with Crippen molar-refractivity contribution < 1.29 is 22.6 Å². The summed E-state index contributed by atoms with van der Waals surface area (Å²) in [6.45, 7) is 2.20. The number of ether oxygens (including phenoxy) is 2. The van der Waals surface area contributed by atoms with Gasteiger partial charge in [0.15, 0.2) is 11.5 Å². The van der Waals surface area contributed by atoms with Gasteiger partial charge in [0.05, 0.1) is 0 Å². The van der Waals surface area contributed by atoms with E-state index in [0.29, 0.717) is 5.56 Å². The molecule has 7 heteroatoms. The van der Waals surface area contributed by atoms with Gasteiger partial charge in [0.25, 0.3) is 0 Å². The van der Waals surface area contributed by atoms with Crippen LogP contribution in [0.5, 0.6) is 11.5 Å². The molecule has 0 saturated heterocycles. The Labute approximate surface area is 138 Å². The number of rotatable bonds is 5. The van der Waals surface area contributed by atoms with Crippen molar-refractivity contribution in [2.24, 2.45) is 5.73 Å². The molecule has 0 saturated carbocycles. The van der Waals surface area contributed by atoms with Crippen LogP contribution in [0.3, 0.4) is 0 Å². The lowest BCUT2D eigenvalue weighted by Crippen LogP contribution is -2.18. The molecule has 0 heterocycles. The van der Waals surface area contributed by atoms with E-state index in [0.717, 1.165) is 11.1 Å². The Morgan fingerprint density at radius 1 is 1.04 bits per heavy atom. The summed E-state index contributed by atoms with van der Waals surface area (Å²) in [5.41, 5.74) is 7.72. The summed E-state index contributed by atoms with van der Waals surface area (Å²) in [5.74, 6) is -0.359. The Morgan fingerprint density at radius 3 is 2.35 bits per heavy atom. The number of hydrogen-bond acceptors (Lipinski definition) is 3. The van der Waals surface area contributed by atoms with Crippen LogP contribution in [0, 0.1) is 6.92 Å². The molecule has 0 aliphatic rings. The predicted molar refractivity (Wildman–Crippen MR) is 85.1 cm³/mol. The molecular formula is C16H17ClF3NO2. The normalized spacial score (nSPS) is 10.8. The standard InChI is InChI=1S/C16H16F3NO2.ClH/c1-11-4-2-3-5-13(11)12-6-7-14(21-9-8-20)15(10-12)22-16(17,18)19;/h2-7,10H,8-9,20H2,1H3;1H. The van der Waals surface area contributed by atoms with Gasteiger partial charge in [0.1, 0.15) is 6.61 Å². The van der Waals surface area contributed by atoms with Gasteiger partial charge in [-0.3, -0.25) is 0 Å². The SMILES string of the molecule is Cc1ccccc1-c1ccc(OCCN)c(OC(F)(F)F)c1.Cl. The number of nitrogens with two attached hydrogens (primary N) is 1. The average molecular weight is 348 g/mol. The zero-order valence-electron chi connectivity index (χ0n) is 12.4. The molecule has 126 valence electrons. The molecule has 0 unspecified atom stereocenters. The lowest BCUT2D eigenvalue weighted by atomic mass is 10.0. The first kappa shape index (κ1) is 19.1. The van der Waals surface area contributed by atoms with Crippen LogP contribution >= 0.6 is 12.4 Å². The summed E-state index contributed by atoms with van der Waals surface area (Å²) in [4.78, 5) is 0. The third-order valence-corrected chi connectivity index (χ3v) is 3.00. The summed E-state index contributed by atoms with van der Waals surface area (Å²) in [5, 5.41) is 0. The molecule has 0 aliphatic heterocycles. The van der Waals surface area contributed by atoms with Crippen molar-refractivity contribution in [2.75, 3.05) is 13.2 Å². The molecular weight excluding hydrogens is 331 g/mol. The van der Waals surface area contributed by atoms with E-state index in [4.69, 9.17) is 10.5 Å². The Kier molecular flexibility index (Phi) is 6.72. The molecule has 0 fully saturated rings. The molecule has 0 aliphatic carbocycles. The quantitative estimate of drug-likeness (QED) is 0.876. The third kappa shape index (κ3) is 5.33. The molecule has 3 nitrogen and oxygen atoms in total. The van der Waals surface area contributed by atoms with Gasteiger partial charge in [0.2, 0.25) is 0 Å². The van der Waals surface area contributed by atoms with E-state index in [9.17, 15) is 13.2 Å². The maximum absolute atomic E-state index is 12.6. The van der Waals surface area contributed by atoms with E-state index in [1.807, 2.05) is 31.2 Å². The molecule has 2 N–H and O–H groups in total. The van der Waals surface area contributed by atoms with Gasteiger partial charge < -0.3 is 15.2 Å². The van der Waals surface area contributed by atoms with Crippen molar-refractivity contribution in [2.45, 2.75) is 13.3 Å². The summed E-state index contributed by atoms with van der Waals surface area (Å²) < 4.78 is 46.9. The molecule has 0 radical (unpaired) electrons. The first-order chi connectivity index (χ1) is 10.4. The monoisotopic (exact) mass is 347 g/mol. The highest BCUT2D eigenvalue weighted by Crippen LogP contribution is 2.36. The molecule has 0 amide bonds. The molecule has 0 bridgehead atoms. The number of benzene rings is 2. The van der Waals surface area contributed by atoms with E-state index in [1.54, 1.807) is 6.07 Å². The third-order valence-electron chi connectivity index (χ3n) is 3.00. The second kappa shape index (κ2) is 8.08. The van der Waals surface area contributed by atoms with Crippen molar-refractivity contribution in [1.82, 2.24) is 0 Å². The minimum Gasteiger partial charge on any atom is -0.488 e. The summed E-state index contributed by atoms with van der Waals surface area (Å²) in [7, 11) is 0. The first-order valence-electron chi connectivity index (χ1n) is 6.69. The fourth-order valence-corrected chi connectivity index (χ4v) is 2.06. The minimum atomic E-state index is -4.79. The fraction of sp³-hybridized carbons (Fsp3) is 0.250. The van der Waals surface area contributed by atoms with Crippen LogP contribution in [0.15, 0.2) is 42.5 Å². The van der Waals surface area contributed by atoms with Crippen molar-refractivity contribution >= 4 is 12.4 Å². The van der Waals surface area contributed by atoms with Gasteiger partial charge in [-0.15, -0.1) is 25.6 Å². The van der Waals surface area contributed by atoms with Crippen LogP contribution in [0.1, 0.15) is 5.56 Å². The van der Waals surface area contributed by atoms with Gasteiger partial charge in [-0.05, 0) is 35.7 Å².